The Balaban J connectivity index is 0.00000324. The number of hydrogen-bond acceptors (Lipinski definition) is 7. The van der Waals surface area contributed by atoms with Crippen molar-refractivity contribution in [2.45, 2.75) is 39.1 Å². The minimum Gasteiger partial charge on any atom is -0.546 e. The van der Waals surface area contributed by atoms with Crippen molar-refractivity contribution in [3.8, 4) is 0 Å². The van der Waals surface area contributed by atoms with Gasteiger partial charge in [0.15, 0.2) is 12.2 Å². The molecule has 0 aromatic heterocycles. The van der Waals surface area contributed by atoms with E-state index in [1.165, 1.54) is 27.4 Å². The van der Waals surface area contributed by atoms with Crippen LogP contribution in [0.3, 0.4) is 0 Å². The standard InChI is InChI=1S/C11H15O7.Y/c1-6(12)16-9-4-15-5-10(17-7(2)13)11(9)18-8(3)14;/h4,9-11H,5H2,1-3H3;/q-1;. The summed E-state index contributed by atoms with van der Waals surface area (Å²) in [5, 5.41) is 0. The van der Waals surface area contributed by atoms with Gasteiger partial charge in [-0.15, -0.1) is 0 Å². The summed E-state index contributed by atoms with van der Waals surface area (Å²) >= 11 is 0. The summed E-state index contributed by atoms with van der Waals surface area (Å²) in [6, 6.07) is 0. The fourth-order valence-corrected chi connectivity index (χ4v) is 1.56. The minimum absolute atomic E-state index is 0. The predicted octanol–water partition coefficient (Wildman–Crippen LogP) is -0.0290. The maximum atomic E-state index is 11.0. The molecular formula is C11H15O7Y-. The van der Waals surface area contributed by atoms with Gasteiger partial charge in [0, 0.05) is 59.6 Å². The quantitative estimate of drug-likeness (QED) is 0.402. The molecule has 1 aliphatic rings. The van der Waals surface area contributed by atoms with Crippen LogP contribution in [0.25, 0.3) is 0 Å². The first-order valence-electron chi connectivity index (χ1n) is 5.36. The van der Waals surface area contributed by atoms with Gasteiger partial charge in [-0.3, -0.25) is 14.4 Å². The van der Waals surface area contributed by atoms with Gasteiger partial charge in [-0.1, -0.05) is 0 Å². The van der Waals surface area contributed by atoms with Gasteiger partial charge in [0.2, 0.25) is 0 Å². The first kappa shape index (κ1) is 18.5. The molecule has 105 valence electrons. The molecule has 8 heteroatoms. The van der Waals surface area contributed by atoms with Crippen LogP contribution in [-0.2, 0) is 66.0 Å². The van der Waals surface area contributed by atoms with E-state index in [4.69, 9.17) is 18.9 Å². The zero-order valence-electron chi connectivity index (χ0n) is 11.0. The van der Waals surface area contributed by atoms with Crippen molar-refractivity contribution in [1.29, 1.82) is 0 Å². The maximum Gasteiger partial charge on any atom is 0.303 e. The van der Waals surface area contributed by atoms with Gasteiger partial charge >= 0.3 is 11.9 Å². The van der Waals surface area contributed by atoms with Crippen molar-refractivity contribution in [1.82, 2.24) is 0 Å². The molecule has 0 amide bonds. The molecule has 7 nitrogen and oxygen atoms in total. The molecule has 0 aliphatic carbocycles. The van der Waals surface area contributed by atoms with Crippen molar-refractivity contribution in [2.24, 2.45) is 0 Å². The second-order valence-electron chi connectivity index (χ2n) is 3.77. The normalized spacial score (nSPS) is 25.7. The summed E-state index contributed by atoms with van der Waals surface area (Å²) in [7, 11) is 0. The molecule has 0 bridgehead atoms. The molecule has 0 aromatic rings. The second-order valence-corrected chi connectivity index (χ2v) is 3.77. The molecule has 3 atom stereocenters. The van der Waals surface area contributed by atoms with Gasteiger partial charge in [0.25, 0.3) is 5.97 Å². The van der Waals surface area contributed by atoms with Crippen molar-refractivity contribution in [3.63, 3.8) is 0 Å². The summed E-state index contributed by atoms with van der Waals surface area (Å²) in [5.74, 6) is -1.66. The van der Waals surface area contributed by atoms with Gasteiger partial charge in [-0.05, 0) is 0 Å². The molecule has 19 heavy (non-hydrogen) atoms. The predicted molar refractivity (Wildman–Crippen MR) is 56.9 cm³/mol. The largest absolute Gasteiger partial charge is 0.546 e. The Bertz CT molecular complexity index is 320. The molecule has 0 aromatic carbocycles. The first-order chi connectivity index (χ1) is 8.40. The topological polar surface area (TPSA) is 88.1 Å². The Morgan fingerprint density at radius 2 is 1.53 bits per heavy atom. The zero-order chi connectivity index (χ0) is 13.7. The van der Waals surface area contributed by atoms with E-state index in [0.29, 0.717) is 0 Å². The molecule has 1 fully saturated rings. The van der Waals surface area contributed by atoms with E-state index in [1.54, 1.807) is 0 Å². The van der Waals surface area contributed by atoms with E-state index in [2.05, 4.69) is 0 Å². The van der Waals surface area contributed by atoms with Crippen molar-refractivity contribution >= 4 is 17.9 Å². The van der Waals surface area contributed by atoms with E-state index in [0.717, 1.165) is 0 Å². The van der Waals surface area contributed by atoms with Crippen LogP contribution in [0.15, 0.2) is 0 Å². The van der Waals surface area contributed by atoms with Gasteiger partial charge in [0.05, 0.1) is 6.61 Å². The maximum absolute atomic E-state index is 11.0. The number of rotatable bonds is 3. The van der Waals surface area contributed by atoms with Gasteiger partial charge in [-0.2, -0.15) is 6.61 Å². The SMILES string of the molecule is CC(=O)OC1[CH-]OCC(OC(C)=O)C1OC(C)=O.[Y]. The molecule has 1 rings (SSSR count). The van der Waals surface area contributed by atoms with E-state index in [1.807, 2.05) is 0 Å². The Hall–Kier alpha value is -0.526. The first-order valence-corrected chi connectivity index (χ1v) is 5.36. The van der Waals surface area contributed by atoms with E-state index in [9.17, 15) is 14.4 Å². The summed E-state index contributed by atoms with van der Waals surface area (Å²) in [6.45, 7) is 4.94. The van der Waals surface area contributed by atoms with Gasteiger partial charge < -0.3 is 18.9 Å². The third kappa shape index (κ3) is 6.45. The fourth-order valence-electron chi connectivity index (χ4n) is 1.56. The van der Waals surface area contributed by atoms with Crippen LogP contribution < -0.4 is 0 Å². The van der Waals surface area contributed by atoms with E-state index in [-0.39, 0.29) is 39.3 Å². The van der Waals surface area contributed by atoms with Crippen molar-refractivity contribution < 1.29 is 66.0 Å². The van der Waals surface area contributed by atoms with Crippen LogP contribution >= 0.6 is 0 Å². The van der Waals surface area contributed by atoms with Crippen LogP contribution in [0, 0.1) is 6.61 Å². The van der Waals surface area contributed by atoms with Crippen LogP contribution in [0.5, 0.6) is 0 Å². The van der Waals surface area contributed by atoms with Crippen LogP contribution in [0.4, 0.5) is 0 Å². The van der Waals surface area contributed by atoms with Gasteiger partial charge in [0.1, 0.15) is 0 Å². The Labute approximate surface area is 136 Å². The Morgan fingerprint density at radius 3 is 2.00 bits per heavy atom. The number of carbonyl (C=O) groups is 3. The summed E-state index contributed by atoms with van der Waals surface area (Å²) in [6.07, 6.45) is -2.60. The molecule has 1 radical (unpaired) electrons. The zero-order valence-corrected chi connectivity index (χ0v) is 13.8. The number of carbonyl (C=O) groups excluding carboxylic acids is 3. The molecule has 1 saturated heterocycles. The minimum atomic E-state index is -0.899. The monoisotopic (exact) mass is 348 g/mol. The van der Waals surface area contributed by atoms with Gasteiger partial charge in [-0.25, -0.2) is 0 Å². The molecule has 0 spiro atoms. The third-order valence-electron chi connectivity index (χ3n) is 2.10. The van der Waals surface area contributed by atoms with E-state index < -0.39 is 36.2 Å². The van der Waals surface area contributed by atoms with Crippen molar-refractivity contribution in [3.05, 3.63) is 6.61 Å². The fraction of sp³-hybridized carbons (Fsp3) is 0.636. The number of ether oxygens (including phenoxy) is 4. The molecule has 0 saturated carbocycles. The average molecular weight is 348 g/mol. The van der Waals surface area contributed by atoms with Crippen LogP contribution in [0.2, 0.25) is 0 Å². The summed E-state index contributed by atoms with van der Waals surface area (Å²) in [4.78, 5) is 32.9. The van der Waals surface area contributed by atoms with E-state index >= 15 is 0 Å². The van der Waals surface area contributed by atoms with Crippen LogP contribution in [0.1, 0.15) is 20.8 Å². The second kappa shape index (κ2) is 8.61. The number of hydrogen-bond donors (Lipinski definition) is 0. The molecule has 1 heterocycles. The average Bonchev–Trinajstić information content (AvgIpc) is 2.20. The molecule has 0 N–H and O–H groups in total. The number of esters is 3. The smallest absolute Gasteiger partial charge is 0.303 e. The van der Waals surface area contributed by atoms with Crippen molar-refractivity contribution in [2.75, 3.05) is 6.61 Å². The summed E-state index contributed by atoms with van der Waals surface area (Å²) < 4.78 is 19.9. The Kier molecular flexibility index (Phi) is 8.37. The third-order valence-corrected chi connectivity index (χ3v) is 2.10. The van der Waals surface area contributed by atoms with Crippen LogP contribution in [-0.4, -0.2) is 42.8 Å². The Morgan fingerprint density at radius 1 is 1.00 bits per heavy atom. The molecule has 1 aliphatic heterocycles. The molecular weight excluding hydrogens is 333 g/mol. The summed E-state index contributed by atoms with van der Waals surface area (Å²) in [5.41, 5.74) is 0. The molecule has 3 unspecified atom stereocenters.